The van der Waals surface area contributed by atoms with Gasteiger partial charge in [-0.05, 0) is 37.5 Å². The highest BCUT2D eigenvalue weighted by molar-refractivity contribution is 5.94. The number of aromatic carboxylic acids is 1. The summed E-state index contributed by atoms with van der Waals surface area (Å²) in [6.07, 6.45) is 2.66. The monoisotopic (exact) mass is 266 g/mol. The van der Waals surface area contributed by atoms with Crippen LogP contribution in [0.1, 0.15) is 36.0 Å². The van der Waals surface area contributed by atoms with Crippen LogP contribution in [0.2, 0.25) is 0 Å². The van der Waals surface area contributed by atoms with E-state index in [0.717, 1.165) is 37.5 Å². The SMILES string of the molecule is NC1(CC(=O)Nc2cc(C(=O)O)ccc2F)CCC1. The first-order valence-corrected chi connectivity index (χ1v) is 6.01. The fourth-order valence-corrected chi connectivity index (χ4v) is 2.08. The first-order valence-electron chi connectivity index (χ1n) is 6.01. The minimum atomic E-state index is -1.18. The number of carbonyl (C=O) groups excluding carboxylic acids is 1. The van der Waals surface area contributed by atoms with Crippen LogP contribution in [0.3, 0.4) is 0 Å². The van der Waals surface area contributed by atoms with E-state index in [1.54, 1.807) is 0 Å². The van der Waals surface area contributed by atoms with E-state index in [1.807, 2.05) is 0 Å². The predicted molar refractivity (Wildman–Crippen MR) is 67.4 cm³/mol. The van der Waals surface area contributed by atoms with E-state index in [9.17, 15) is 14.0 Å². The Bertz CT molecular complexity index is 527. The summed E-state index contributed by atoms with van der Waals surface area (Å²) >= 11 is 0. The van der Waals surface area contributed by atoms with E-state index in [-0.39, 0.29) is 17.7 Å². The highest BCUT2D eigenvalue weighted by atomic mass is 19.1. The normalized spacial score (nSPS) is 16.5. The lowest BCUT2D eigenvalue weighted by Gasteiger charge is -2.37. The van der Waals surface area contributed by atoms with Gasteiger partial charge in [-0.25, -0.2) is 9.18 Å². The van der Waals surface area contributed by atoms with Gasteiger partial charge in [-0.2, -0.15) is 0 Å². The number of nitrogens with one attached hydrogen (secondary N) is 1. The van der Waals surface area contributed by atoms with Crippen molar-refractivity contribution >= 4 is 17.6 Å². The number of halogens is 1. The second-order valence-corrected chi connectivity index (χ2v) is 4.94. The van der Waals surface area contributed by atoms with Crippen molar-refractivity contribution in [2.75, 3.05) is 5.32 Å². The Hall–Kier alpha value is -1.95. The van der Waals surface area contributed by atoms with Crippen molar-refractivity contribution in [1.82, 2.24) is 0 Å². The van der Waals surface area contributed by atoms with Gasteiger partial charge in [0.1, 0.15) is 5.82 Å². The molecule has 0 spiro atoms. The second kappa shape index (κ2) is 4.97. The van der Waals surface area contributed by atoms with Crippen molar-refractivity contribution in [3.8, 4) is 0 Å². The maximum atomic E-state index is 13.5. The first-order chi connectivity index (χ1) is 8.89. The number of hydrogen-bond acceptors (Lipinski definition) is 3. The average molecular weight is 266 g/mol. The highest BCUT2D eigenvalue weighted by Crippen LogP contribution is 2.32. The Morgan fingerprint density at radius 3 is 2.63 bits per heavy atom. The van der Waals surface area contributed by atoms with E-state index >= 15 is 0 Å². The largest absolute Gasteiger partial charge is 0.478 e. The lowest BCUT2D eigenvalue weighted by Crippen LogP contribution is -2.49. The molecule has 0 atom stereocenters. The van der Waals surface area contributed by atoms with Gasteiger partial charge < -0.3 is 16.2 Å². The molecule has 5 nitrogen and oxygen atoms in total. The third kappa shape index (κ3) is 3.08. The number of benzene rings is 1. The highest BCUT2D eigenvalue weighted by Gasteiger charge is 2.34. The number of carbonyl (C=O) groups is 2. The zero-order valence-corrected chi connectivity index (χ0v) is 10.3. The third-order valence-electron chi connectivity index (χ3n) is 3.35. The summed E-state index contributed by atoms with van der Waals surface area (Å²) in [6, 6.07) is 3.25. The summed E-state index contributed by atoms with van der Waals surface area (Å²) in [5, 5.41) is 11.2. The van der Waals surface area contributed by atoms with Gasteiger partial charge >= 0.3 is 5.97 Å². The number of hydrogen-bond donors (Lipinski definition) is 3. The molecule has 4 N–H and O–H groups in total. The lowest BCUT2D eigenvalue weighted by molar-refractivity contribution is -0.118. The number of carboxylic acids is 1. The maximum absolute atomic E-state index is 13.5. The molecule has 0 radical (unpaired) electrons. The molecule has 0 bridgehead atoms. The summed E-state index contributed by atoms with van der Waals surface area (Å²) in [5.41, 5.74) is 5.22. The Morgan fingerprint density at radius 2 is 2.11 bits per heavy atom. The molecule has 1 fully saturated rings. The van der Waals surface area contributed by atoms with Gasteiger partial charge in [0.05, 0.1) is 11.3 Å². The van der Waals surface area contributed by atoms with Crippen LogP contribution in [0.15, 0.2) is 18.2 Å². The summed E-state index contributed by atoms with van der Waals surface area (Å²) in [4.78, 5) is 22.5. The molecule has 6 heteroatoms. The van der Waals surface area contributed by atoms with Crippen LogP contribution < -0.4 is 11.1 Å². The van der Waals surface area contributed by atoms with E-state index in [0.29, 0.717) is 0 Å². The standard InChI is InChI=1S/C13H15FN2O3/c14-9-3-2-8(12(18)19)6-10(9)16-11(17)7-13(15)4-1-5-13/h2-3,6H,1,4-5,7,15H2,(H,16,17)(H,18,19). The molecule has 1 amide bonds. The smallest absolute Gasteiger partial charge is 0.335 e. The molecule has 102 valence electrons. The molecule has 1 aliphatic carbocycles. The summed E-state index contributed by atoms with van der Waals surface area (Å²) in [5.74, 6) is -2.24. The average Bonchev–Trinajstić information content (AvgIpc) is 2.29. The number of amides is 1. The van der Waals surface area contributed by atoms with E-state index < -0.39 is 23.2 Å². The van der Waals surface area contributed by atoms with Crippen LogP contribution in [0.5, 0.6) is 0 Å². The molecule has 1 aliphatic rings. The van der Waals surface area contributed by atoms with Crippen molar-refractivity contribution in [3.05, 3.63) is 29.6 Å². The number of carboxylic acid groups (broad SMARTS) is 1. The van der Waals surface area contributed by atoms with Crippen molar-refractivity contribution in [2.45, 2.75) is 31.2 Å². The van der Waals surface area contributed by atoms with Gasteiger partial charge in [0, 0.05) is 12.0 Å². The van der Waals surface area contributed by atoms with E-state index in [1.165, 1.54) is 0 Å². The number of anilines is 1. The Morgan fingerprint density at radius 1 is 1.42 bits per heavy atom. The minimum Gasteiger partial charge on any atom is -0.478 e. The zero-order chi connectivity index (χ0) is 14.0. The van der Waals surface area contributed by atoms with Gasteiger partial charge in [-0.1, -0.05) is 0 Å². The van der Waals surface area contributed by atoms with Crippen LogP contribution in [0.25, 0.3) is 0 Å². The number of rotatable bonds is 4. The zero-order valence-electron chi connectivity index (χ0n) is 10.3. The molecule has 0 aliphatic heterocycles. The molecule has 0 aromatic heterocycles. The molecule has 19 heavy (non-hydrogen) atoms. The molecule has 1 saturated carbocycles. The summed E-state index contributed by atoms with van der Waals surface area (Å²) in [6.45, 7) is 0. The Labute approximate surface area is 109 Å². The second-order valence-electron chi connectivity index (χ2n) is 4.94. The summed E-state index contributed by atoms with van der Waals surface area (Å²) in [7, 11) is 0. The first kappa shape index (κ1) is 13.5. The van der Waals surface area contributed by atoms with Gasteiger partial charge in [0.25, 0.3) is 0 Å². The number of nitrogens with two attached hydrogens (primary N) is 1. The van der Waals surface area contributed by atoms with Crippen molar-refractivity contribution < 1.29 is 19.1 Å². The van der Waals surface area contributed by atoms with E-state index in [2.05, 4.69) is 5.32 Å². The maximum Gasteiger partial charge on any atom is 0.335 e. The summed E-state index contributed by atoms with van der Waals surface area (Å²) < 4.78 is 13.5. The van der Waals surface area contributed by atoms with Crippen LogP contribution in [0, 0.1) is 5.82 Å². The van der Waals surface area contributed by atoms with Crippen LogP contribution in [-0.4, -0.2) is 22.5 Å². The van der Waals surface area contributed by atoms with Crippen molar-refractivity contribution in [1.29, 1.82) is 0 Å². The topological polar surface area (TPSA) is 92.4 Å². The van der Waals surface area contributed by atoms with Gasteiger partial charge in [-0.3, -0.25) is 4.79 Å². The molecule has 1 aromatic carbocycles. The van der Waals surface area contributed by atoms with Gasteiger partial charge in [0.2, 0.25) is 5.91 Å². The van der Waals surface area contributed by atoms with Gasteiger partial charge in [0.15, 0.2) is 0 Å². The predicted octanol–water partition coefficient (Wildman–Crippen LogP) is 1.73. The fraction of sp³-hybridized carbons (Fsp3) is 0.385. The molecule has 1 aromatic rings. The fourth-order valence-electron chi connectivity index (χ4n) is 2.08. The molecular weight excluding hydrogens is 251 g/mol. The Balaban J connectivity index is 2.07. The molecule has 2 rings (SSSR count). The lowest BCUT2D eigenvalue weighted by atomic mass is 9.75. The van der Waals surface area contributed by atoms with Crippen LogP contribution >= 0.6 is 0 Å². The molecule has 0 unspecified atom stereocenters. The van der Waals surface area contributed by atoms with Gasteiger partial charge in [-0.15, -0.1) is 0 Å². The van der Waals surface area contributed by atoms with E-state index in [4.69, 9.17) is 10.8 Å². The molecule has 0 saturated heterocycles. The van der Waals surface area contributed by atoms with Crippen LogP contribution in [0.4, 0.5) is 10.1 Å². The van der Waals surface area contributed by atoms with Crippen LogP contribution in [-0.2, 0) is 4.79 Å². The van der Waals surface area contributed by atoms with Crippen molar-refractivity contribution in [2.24, 2.45) is 5.73 Å². The Kier molecular flexibility index (Phi) is 3.53. The third-order valence-corrected chi connectivity index (χ3v) is 3.35. The quantitative estimate of drug-likeness (QED) is 0.773. The molecular formula is C13H15FN2O3. The molecule has 0 heterocycles. The van der Waals surface area contributed by atoms with Crippen molar-refractivity contribution in [3.63, 3.8) is 0 Å². The minimum absolute atomic E-state index is 0.0807.